The van der Waals surface area contributed by atoms with Crippen molar-refractivity contribution in [3.8, 4) is 11.5 Å². The zero-order valence-electron chi connectivity index (χ0n) is 8.28. The standard InChI is InChI=1S/C12H9BrFNO/c13-8-4-6-9(7-5-8)16-11-3-1-2-10(14)12(11)15/h1-7H,15H2. The molecule has 0 spiro atoms. The Morgan fingerprint density at radius 2 is 1.75 bits per heavy atom. The fraction of sp³-hybridized carbons (Fsp3) is 0. The predicted molar refractivity (Wildman–Crippen MR) is 65.0 cm³/mol. The van der Waals surface area contributed by atoms with Crippen molar-refractivity contribution in [1.82, 2.24) is 0 Å². The summed E-state index contributed by atoms with van der Waals surface area (Å²) >= 11 is 3.32. The zero-order valence-corrected chi connectivity index (χ0v) is 9.87. The number of para-hydroxylation sites is 1. The molecule has 2 N–H and O–H groups in total. The van der Waals surface area contributed by atoms with Crippen molar-refractivity contribution in [3.05, 3.63) is 52.8 Å². The van der Waals surface area contributed by atoms with Crippen LogP contribution in [0.5, 0.6) is 11.5 Å². The molecule has 2 aromatic carbocycles. The number of hydrogen-bond acceptors (Lipinski definition) is 2. The minimum absolute atomic E-state index is 0.0189. The van der Waals surface area contributed by atoms with Crippen molar-refractivity contribution in [3.63, 3.8) is 0 Å². The van der Waals surface area contributed by atoms with Gasteiger partial charge in [-0.05, 0) is 36.4 Å². The van der Waals surface area contributed by atoms with Crippen LogP contribution in [0.2, 0.25) is 0 Å². The summed E-state index contributed by atoms with van der Waals surface area (Å²) in [6.07, 6.45) is 0. The van der Waals surface area contributed by atoms with Crippen molar-refractivity contribution in [2.24, 2.45) is 0 Å². The van der Waals surface area contributed by atoms with Gasteiger partial charge in [-0.2, -0.15) is 0 Å². The first-order chi connectivity index (χ1) is 7.66. The smallest absolute Gasteiger partial charge is 0.153 e. The molecule has 82 valence electrons. The molecular formula is C12H9BrFNO. The molecule has 0 radical (unpaired) electrons. The molecular weight excluding hydrogens is 273 g/mol. The van der Waals surface area contributed by atoms with Crippen LogP contribution in [0, 0.1) is 5.82 Å². The largest absolute Gasteiger partial charge is 0.455 e. The van der Waals surface area contributed by atoms with E-state index in [9.17, 15) is 4.39 Å². The number of nitrogen functional groups attached to an aromatic ring is 1. The molecule has 4 heteroatoms. The first-order valence-electron chi connectivity index (χ1n) is 4.64. The van der Waals surface area contributed by atoms with Crippen LogP contribution in [-0.4, -0.2) is 0 Å². The Kier molecular flexibility index (Phi) is 3.10. The van der Waals surface area contributed by atoms with Gasteiger partial charge in [0, 0.05) is 4.47 Å². The SMILES string of the molecule is Nc1c(F)cccc1Oc1ccc(Br)cc1. The van der Waals surface area contributed by atoms with Gasteiger partial charge in [-0.3, -0.25) is 0 Å². The maximum absolute atomic E-state index is 13.1. The highest BCUT2D eigenvalue weighted by Crippen LogP contribution is 2.29. The van der Waals surface area contributed by atoms with Gasteiger partial charge >= 0.3 is 0 Å². The second kappa shape index (κ2) is 4.53. The molecule has 0 amide bonds. The van der Waals surface area contributed by atoms with Crippen molar-refractivity contribution >= 4 is 21.6 Å². The second-order valence-corrected chi connectivity index (χ2v) is 4.12. The van der Waals surface area contributed by atoms with Crippen LogP contribution in [0.25, 0.3) is 0 Å². The monoisotopic (exact) mass is 281 g/mol. The molecule has 0 heterocycles. The molecule has 2 nitrogen and oxygen atoms in total. The van der Waals surface area contributed by atoms with Gasteiger partial charge in [0.1, 0.15) is 17.3 Å². The average molecular weight is 282 g/mol. The fourth-order valence-electron chi connectivity index (χ4n) is 1.24. The normalized spacial score (nSPS) is 10.1. The van der Waals surface area contributed by atoms with Crippen LogP contribution >= 0.6 is 15.9 Å². The van der Waals surface area contributed by atoms with E-state index in [-0.39, 0.29) is 5.69 Å². The quantitative estimate of drug-likeness (QED) is 0.846. The Hall–Kier alpha value is -1.55. The predicted octanol–water partition coefficient (Wildman–Crippen LogP) is 3.96. The van der Waals surface area contributed by atoms with Crippen LogP contribution in [0.15, 0.2) is 46.9 Å². The molecule has 2 aromatic rings. The van der Waals surface area contributed by atoms with E-state index in [1.807, 2.05) is 12.1 Å². The second-order valence-electron chi connectivity index (χ2n) is 3.21. The number of halogens is 2. The van der Waals surface area contributed by atoms with Crippen LogP contribution in [-0.2, 0) is 0 Å². The van der Waals surface area contributed by atoms with Gasteiger partial charge in [-0.1, -0.05) is 22.0 Å². The van der Waals surface area contributed by atoms with Gasteiger partial charge in [0.05, 0.1) is 0 Å². The molecule has 0 aliphatic heterocycles. The van der Waals surface area contributed by atoms with Crippen molar-refractivity contribution in [2.45, 2.75) is 0 Å². The molecule has 2 rings (SSSR count). The van der Waals surface area contributed by atoms with Crippen molar-refractivity contribution in [2.75, 3.05) is 5.73 Å². The van der Waals surface area contributed by atoms with E-state index in [1.165, 1.54) is 6.07 Å². The minimum Gasteiger partial charge on any atom is -0.455 e. The van der Waals surface area contributed by atoms with Gasteiger partial charge in [0.15, 0.2) is 5.75 Å². The van der Waals surface area contributed by atoms with Gasteiger partial charge in [-0.25, -0.2) is 4.39 Å². The van der Waals surface area contributed by atoms with E-state index in [0.29, 0.717) is 11.5 Å². The third-order valence-electron chi connectivity index (χ3n) is 2.05. The van der Waals surface area contributed by atoms with Crippen molar-refractivity contribution < 1.29 is 9.13 Å². The Morgan fingerprint density at radius 3 is 2.44 bits per heavy atom. The molecule has 0 fully saturated rings. The maximum atomic E-state index is 13.1. The van der Waals surface area contributed by atoms with E-state index < -0.39 is 5.82 Å². The fourth-order valence-corrected chi connectivity index (χ4v) is 1.50. The topological polar surface area (TPSA) is 35.2 Å². The summed E-state index contributed by atoms with van der Waals surface area (Å²) < 4.78 is 19.5. The van der Waals surface area contributed by atoms with E-state index in [1.54, 1.807) is 24.3 Å². The Balaban J connectivity index is 2.27. The first kappa shape index (κ1) is 11.0. The summed E-state index contributed by atoms with van der Waals surface area (Å²) in [6.45, 7) is 0. The molecule has 0 atom stereocenters. The lowest BCUT2D eigenvalue weighted by atomic mass is 10.3. The molecule has 0 unspecified atom stereocenters. The third-order valence-corrected chi connectivity index (χ3v) is 2.58. The Bertz CT molecular complexity index is 499. The van der Waals surface area contributed by atoms with E-state index in [0.717, 1.165) is 4.47 Å². The molecule has 0 saturated carbocycles. The summed E-state index contributed by atoms with van der Waals surface area (Å²) in [6, 6.07) is 11.7. The van der Waals surface area contributed by atoms with E-state index >= 15 is 0 Å². The lowest BCUT2D eigenvalue weighted by Crippen LogP contribution is -1.95. The number of anilines is 1. The molecule has 0 saturated heterocycles. The van der Waals surface area contributed by atoms with Crippen LogP contribution in [0.3, 0.4) is 0 Å². The molecule has 16 heavy (non-hydrogen) atoms. The summed E-state index contributed by atoms with van der Waals surface area (Å²) in [5.74, 6) is 0.456. The van der Waals surface area contributed by atoms with Crippen LogP contribution < -0.4 is 10.5 Å². The van der Waals surface area contributed by atoms with E-state index in [2.05, 4.69) is 15.9 Å². The maximum Gasteiger partial charge on any atom is 0.153 e. The number of nitrogens with two attached hydrogens (primary N) is 1. The molecule has 0 bridgehead atoms. The number of ether oxygens (including phenoxy) is 1. The number of rotatable bonds is 2. The average Bonchev–Trinajstić information content (AvgIpc) is 2.28. The molecule has 0 aliphatic rings. The lowest BCUT2D eigenvalue weighted by Gasteiger charge is -2.08. The van der Waals surface area contributed by atoms with Gasteiger partial charge < -0.3 is 10.5 Å². The summed E-state index contributed by atoms with van der Waals surface area (Å²) in [7, 11) is 0. The lowest BCUT2D eigenvalue weighted by molar-refractivity contribution is 0.480. The van der Waals surface area contributed by atoms with Gasteiger partial charge in [-0.15, -0.1) is 0 Å². The number of benzene rings is 2. The minimum atomic E-state index is -0.477. The zero-order chi connectivity index (χ0) is 11.5. The van der Waals surface area contributed by atoms with E-state index in [4.69, 9.17) is 10.5 Å². The van der Waals surface area contributed by atoms with Gasteiger partial charge in [0.25, 0.3) is 0 Å². The Labute approximate surface area is 101 Å². The van der Waals surface area contributed by atoms with Crippen LogP contribution in [0.4, 0.5) is 10.1 Å². The first-order valence-corrected chi connectivity index (χ1v) is 5.43. The molecule has 0 aliphatic carbocycles. The van der Waals surface area contributed by atoms with Gasteiger partial charge in [0.2, 0.25) is 0 Å². The highest BCUT2D eigenvalue weighted by Gasteiger charge is 2.06. The third kappa shape index (κ3) is 2.33. The van der Waals surface area contributed by atoms with Crippen LogP contribution in [0.1, 0.15) is 0 Å². The Morgan fingerprint density at radius 1 is 1.06 bits per heavy atom. The number of hydrogen-bond donors (Lipinski definition) is 1. The van der Waals surface area contributed by atoms with Crippen molar-refractivity contribution in [1.29, 1.82) is 0 Å². The summed E-state index contributed by atoms with van der Waals surface area (Å²) in [5, 5.41) is 0. The summed E-state index contributed by atoms with van der Waals surface area (Å²) in [5.41, 5.74) is 5.57. The highest BCUT2D eigenvalue weighted by atomic mass is 79.9. The highest BCUT2D eigenvalue weighted by molar-refractivity contribution is 9.10. The summed E-state index contributed by atoms with van der Waals surface area (Å²) in [4.78, 5) is 0. The molecule has 0 aromatic heterocycles.